The quantitative estimate of drug-likeness (QED) is 0.295. The van der Waals surface area contributed by atoms with Gasteiger partial charge in [-0.15, -0.1) is 0 Å². The topological polar surface area (TPSA) is 79.5 Å². The largest absolute Gasteiger partial charge is 0.492 e. The van der Waals surface area contributed by atoms with Crippen LogP contribution in [0.4, 0.5) is 5.69 Å². The van der Waals surface area contributed by atoms with Crippen LogP contribution in [0.15, 0.2) is 46.9 Å². The minimum absolute atomic E-state index is 0.123. The van der Waals surface area contributed by atoms with Crippen molar-refractivity contribution in [2.45, 2.75) is 57.9 Å². The number of carbonyl (C=O) groups excluding carboxylic acids is 2. The first-order valence-corrected chi connectivity index (χ1v) is 12.6. The summed E-state index contributed by atoms with van der Waals surface area (Å²) >= 11 is 8.79. The van der Waals surface area contributed by atoms with Gasteiger partial charge in [-0.3, -0.25) is 14.9 Å². The lowest BCUT2D eigenvalue weighted by Gasteiger charge is -2.23. The second kappa shape index (κ2) is 12.7. The predicted molar refractivity (Wildman–Crippen MR) is 139 cm³/mol. The standard InChI is InChI=1S/C25H30BrN3O3S/c1-2-3-15-32-22-14-13-17(16-20(22)26)23(30)29-25(33)28-21-12-8-7-11-19(21)24(31)27-18-9-5-4-6-10-18/h7-8,11-14,16,18H,2-6,9-10,15H2,1H3,(H,27,31)(H2,28,29,30,33). The van der Waals surface area contributed by atoms with E-state index < -0.39 is 0 Å². The molecule has 0 radical (unpaired) electrons. The molecule has 0 unspecified atom stereocenters. The van der Waals surface area contributed by atoms with Gasteiger partial charge in [-0.05, 0) is 77.7 Å². The van der Waals surface area contributed by atoms with Crippen LogP contribution in [-0.4, -0.2) is 29.6 Å². The van der Waals surface area contributed by atoms with E-state index in [0.29, 0.717) is 33.6 Å². The Kier molecular flexibility index (Phi) is 9.69. The molecule has 0 aromatic heterocycles. The van der Waals surface area contributed by atoms with Crippen LogP contribution in [0.25, 0.3) is 0 Å². The maximum Gasteiger partial charge on any atom is 0.257 e. The maximum atomic E-state index is 12.8. The predicted octanol–water partition coefficient (Wildman–Crippen LogP) is 5.82. The van der Waals surface area contributed by atoms with Gasteiger partial charge >= 0.3 is 0 Å². The number of carbonyl (C=O) groups is 2. The molecule has 1 saturated carbocycles. The van der Waals surface area contributed by atoms with Crippen LogP contribution in [0.2, 0.25) is 0 Å². The number of halogens is 1. The van der Waals surface area contributed by atoms with Crippen molar-refractivity contribution >= 4 is 50.8 Å². The van der Waals surface area contributed by atoms with E-state index in [1.54, 1.807) is 30.3 Å². The fourth-order valence-corrected chi connectivity index (χ4v) is 4.41. The molecule has 3 rings (SSSR count). The fourth-order valence-electron chi connectivity index (χ4n) is 3.71. The van der Waals surface area contributed by atoms with Crippen LogP contribution < -0.4 is 20.7 Å². The highest BCUT2D eigenvalue weighted by molar-refractivity contribution is 9.10. The highest BCUT2D eigenvalue weighted by Gasteiger charge is 2.19. The van der Waals surface area contributed by atoms with Gasteiger partial charge in [0, 0.05) is 11.6 Å². The summed E-state index contributed by atoms with van der Waals surface area (Å²) in [6.07, 6.45) is 7.54. The molecule has 0 aliphatic heterocycles. The first-order chi connectivity index (χ1) is 16.0. The summed E-state index contributed by atoms with van der Waals surface area (Å²) in [6.45, 7) is 2.73. The van der Waals surface area contributed by atoms with E-state index in [0.717, 1.165) is 38.5 Å². The molecule has 0 heterocycles. The van der Waals surface area contributed by atoms with Crippen LogP contribution in [-0.2, 0) is 0 Å². The zero-order valence-corrected chi connectivity index (χ0v) is 21.2. The van der Waals surface area contributed by atoms with Gasteiger partial charge < -0.3 is 15.4 Å². The molecule has 6 nitrogen and oxygen atoms in total. The number of ether oxygens (including phenoxy) is 1. The molecular formula is C25H30BrN3O3S. The number of unbranched alkanes of at least 4 members (excludes halogenated alkanes) is 1. The number of thiocarbonyl (C=S) groups is 1. The summed E-state index contributed by atoms with van der Waals surface area (Å²) in [5.74, 6) is 0.206. The van der Waals surface area contributed by atoms with Crippen molar-refractivity contribution in [2.75, 3.05) is 11.9 Å². The normalized spacial score (nSPS) is 13.8. The van der Waals surface area contributed by atoms with E-state index in [4.69, 9.17) is 17.0 Å². The van der Waals surface area contributed by atoms with Crippen LogP contribution in [0.5, 0.6) is 5.75 Å². The van der Waals surface area contributed by atoms with Gasteiger partial charge in [-0.25, -0.2) is 0 Å². The Labute approximate surface area is 209 Å². The van der Waals surface area contributed by atoms with E-state index in [2.05, 4.69) is 38.8 Å². The Hall–Kier alpha value is -2.45. The van der Waals surface area contributed by atoms with Gasteiger partial charge in [0.15, 0.2) is 5.11 Å². The second-order valence-electron chi connectivity index (χ2n) is 8.11. The Bertz CT molecular complexity index is 993. The SMILES string of the molecule is CCCCOc1ccc(C(=O)NC(=S)Nc2ccccc2C(=O)NC2CCCCC2)cc1Br. The fraction of sp³-hybridized carbons (Fsp3) is 0.400. The molecule has 1 aliphatic carbocycles. The Morgan fingerprint density at radius 2 is 1.85 bits per heavy atom. The molecule has 2 aromatic carbocycles. The minimum Gasteiger partial charge on any atom is -0.492 e. The van der Waals surface area contributed by atoms with Crippen molar-refractivity contribution in [3.8, 4) is 5.75 Å². The molecule has 8 heteroatoms. The molecule has 1 fully saturated rings. The molecule has 0 atom stereocenters. The first kappa shape index (κ1) is 25.2. The number of anilines is 1. The lowest BCUT2D eigenvalue weighted by molar-refractivity contribution is 0.0927. The third kappa shape index (κ3) is 7.54. The number of hydrogen-bond donors (Lipinski definition) is 3. The number of amides is 2. The van der Waals surface area contributed by atoms with Gasteiger partial charge in [0.05, 0.1) is 22.3 Å². The zero-order chi connectivity index (χ0) is 23.6. The molecule has 2 amide bonds. The summed E-state index contributed by atoms with van der Waals surface area (Å²) in [4.78, 5) is 25.5. The third-order valence-corrected chi connectivity index (χ3v) is 6.36. The van der Waals surface area contributed by atoms with E-state index in [-0.39, 0.29) is 23.0 Å². The van der Waals surface area contributed by atoms with Crippen LogP contribution in [0, 0.1) is 0 Å². The highest BCUT2D eigenvalue weighted by atomic mass is 79.9. The molecule has 1 aliphatic rings. The second-order valence-corrected chi connectivity index (χ2v) is 9.37. The molecule has 33 heavy (non-hydrogen) atoms. The van der Waals surface area contributed by atoms with E-state index in [1.165, 1.54) is 6.42 Å². The summed E-state index contributed by atoms with van der Waals surface area (Å²) in [5, 5.41) is 8.91. The van der Waals surface area contributed by atoms with Crippen LogP contribution >= 0.6 is 28.1 Å². The molecule has 0 spiro atoms. The lowest BCUT2D eigenvalue weighted by atomic mass is 9.95. The molecule has 0 bridgehead atoms. The maximum absolute atomic E-state index is 12.8. The molecule has 0 saturated heterocycles. The Morgan fingerprint density at radius 3 is 2.58 bits per heavy atom. The monoisotopic (exact) mass is 531 g/mol. The summed E-state index contributed by atoms with van der Waals surface area (Å²) in [6, 6.07) is 12.5. The number of para-hydroxylation sites is 1. The summed E-state index contributed by atoms with van der Waals surface area (Å²) in [7, 11) is 0. The average molecular weight is 533 g/mol. The first-order valence-electron chi connectivity index (χ1n) is 11.4. The molecular weight excluding hydrogens is 502 g/mol. The van der Waals surface area contributed by atoms with Crippen molar-refractivity contribution in [3.05, 3.63) is 58.1 Å². The van der Waals surface area contributed by atoms with Crippen molar-refractivity contribution in [2.24, 2.45) is 0 Å². The highest BCUT2D eigenvalue weighted by Crippen LogP contribution is 2.26. The summed E-state index contributed by atoms with van der Waals surface area (Å²) < 4.78 is 6.41. The zero-order valence-electron chi connectivity index (χ0n) is 18.8. The minimum atomic E-state index is -0.350. The van der Waals surface area contributed by atoms with Crippen LogP contribution in [0.3, 0.4) is 0 Å². The van der Waals surface area contributed by atoms with Gasteiger partial charge in [-0.1, -0.05) is 44.7 Å². The van der Waals surface area contributed by atoms with E-state index in [1.807, 2.05) is 12.1 Å². The molecule has 3 N–H and O–H groups in total. The van der Waals surface area contributed by atoms with E-state index >= 15 is 0 Å². The van der Waals surface area contributed by atoms with Crippen molar-refractivity contribution < 1.29 is 14.3 Å². The molecule has 176 valence electrons. The van der Waals surface area contributed by atoms with Crippen molar-refractivity contribution in [1.29, 1.82) is 0 Å². The Morgan fingerprint density at radius 1 is 1.09 bits per heavy atom. The number of hydrogen-bond acceptors (Lipinski definition) is 4. The number of benzene rings is 2. The van der Waals surface area contributed by atoms with Gasteiger partial charge in [0.1, 0.15) is 5.75 Å². The smallest absolute Gasteiger partial charge is 0.257 e. The number of rotatable bonds is 8. The lowest BCUT2D eigenvalue weighted by Crippen LogP contribution is -2.37. The van der Waals surface area contributed by atoms with E-state index in [9.17, 15) is 9.59 Å². The third-order valence-electron chi connectivity index (χ3n) is 5.54. The van der Waals surface area contributed by atoms with Gasteiger partial charge in [0.25, 0.3) is 11.8 Å². The Balaban J connectivity index is 1.60. The van der Waals surface area contributed by atoms with Gasteiger partial charge in [0.2, 0.25) is 0 Å². The summed E-state index contributed by atoms with van der Waals surface area (Å²) in [5.41, 5.74) is 1.49. The van der Waals surface area contributed by atoms with Crippen molar-refractivity contribution in [1.82, 2.24) is 10.6 Å². The van der Waals surface area contributed by atoms with Crippen LogP contribution in [0.1, 0.15) is 72.6 Å². The average Bonchev–Trinajstić information content (AvgIpc) is 2.81. The molecule has 2 aromatic rings. The number of nitrogens with one attached hydrogen (secondary N) is 3. The van der Waals surface area contributed by atoms with Crippen molar-refractivity contribution in [3.63, 3.8) is 0 Å². The van der Waals surface area contributed by atoms with Gasteiger partial charge in [-0.2, -0.15) is 0 Å².